The molecule has 26 heavy (non-hydrogen) atoms. The van der Waals surface area contributed by atoms with Gasteiger partial charge in [0.25, 0.3) is 0 Å². The number of fused-ring (bicyclic) bond motifs is 5. The Morgan fingerprint density at radius 2 is 1.50 bits per heavy atom. The standard InChI is InChI=1S/C25H19Cl/c1-25(2)22-13-11-16-6-3-4-9-20(16)24(22)21-12-10-18(15-23(21)25)17-7-5-8-19(26)14-17/h3-15H,1-2H3. The van der Waals surface area contributed by atoms with E-state index < -0.39 is 0 Å². The average Bonchev–Trinajstić information content (AvgIpc) is 2.89. The lowest BCUT2D eigenvalue weighted by atomic mass is 9.81. The van der Waals surface area contributed by atoms with E-state index in [9.17, 15) is 0 Å². The number of hydrogen-bond acceptors (Lipinski definition) is 0. The molecule has 0 unspecified atom stereocenters. The van der Waals surface area contributed by atoms with E-state index in [0.717, 1.165) is 10.6 Å². The Kier molecular flexibility index (Phi) is 3.29. The lowest BCUT2D eigenvalue weighted by Gasteiger charge is -2.22. The van der Waals surface area contributed by atoms with Crippen LogP contribution in [0, 0.1) is 0 Å². The van der Waals surface area contributed by atoms with Gasteiger partial charge in [-0.2, -0.15) is 0 Å². The van der Waals surface area contributed by atoms with Gasteiger partial charge in [0.05, 0.1) is 0 Å². The first-order chi connectivity index (χ1) is 12.6. The molecule has 1 aliphatic rings. The molecule has 0 fully saturated rings. The van der Waals surface area contributed by atoms with E-state index in [1.165, 1.54) is 38.6 Å². The van der Waals surface area contributed by atoms with Crippen LogP contribution in [0.15, 0.2) is 78.9 Å². The zero-order chi connectivity index (χ0) is 17.9. The van der Waals surface area contributed by atoms with Crippen LogP contribution in [-0.4, -0.2) is 0 Å². The Morgan fingerprint density at radius 1 is 0.692 bits per heavy atom. The van der Waals surface area contributed by atoms with Crippen LogP contribution in [0.2, 0.25) is 5.02 Å². The molecule has 4 aromatic rings. The first kappa shape index (κ1) is 15.7. The number of hydrogen-bond donors (Lipinski definition) is 0. The summed E-state index contributed by atoms with van der Waals surface area (Å²) >= 11 is 6.21. The molecule has 0 nitrogen and oxygen atoms in total. The van der Waals surface area contributed by atoms with Crippen LogP contribution in [-0.2, 0) is 5.41 Å². The maximum atomic E-state index is 6.21. The van der Waals surface area contributed by atoms with E-state index in [1.54, 1.807) is 0 Å². The minimum absolute atomic E-state index is 0.0106. The molecule has 0 atom stereocenters. The van der Waals surface area contributed by atoms with E-state index in [4.69, 9.17) is 11.6 Å². The van der Waals surface area contributed by atoms with Gasteiger partial charge in [-0.3, -0.25) is 0 Å². The molecule has 1 heteroatoms. The molecular weight excluding hydrogens is 336 g/mol. The third-order valence-electron chi connectivity index (χ3n) is 5.72. The summed E-state index contributed by atoms with van der Waals surface area (Å²) in [6, 6.07) is 28.2. The molecule has 0 aromatic heterocycles. The lowest BCUT2D eigenvalue weighted by Crippen LogP contribution is -2.15. The van der Waals surface area contributed by atoms with E-state index in [1.807, 2.05) is 18.2 Å². The predicted molar refractivity (Wildman–Crippen MR) is 112 cm³/mol. The summed E-state index contributed by atoms with van der Waals surface area (Å²) in [4.78, 5) is 0. The van der Waals surface area contributed by atoms with Crippen LogP contribution in [0.1, 0.15) is 25.0 Å². The van der Waals surface area contributed by atoms with Crippen molar-refractivity contribution in [2.24, 2.45) is 0 Å². The van der Waals surface area contributed by atoms with Crippen molar-refractivity contribution in [3.8, 4) is 22.3 Å². The van der Waals surface area contributed by atoms with Crippen molar-refractivity contribution in [1.29, 1.82) is 0 Å². The van der Waals surface area contributed by atoms with Crippen molar-refractivity contribution in [1.82, 2.24) is 0 Å². The topological polar surface area (TPSA) is 0 Å². The number of halogens is 1. The van der Waals surface area contributed by atoms with E-state index in [2.05, 4.69) is 74.5 Å². The van der Waals surface area contributed by atoms with Gasteiger partial charge in [0.2, 0.25) is 0 Å². The van der Waals surface area contributed by atoms with Crippen LogP contribution < -0.4 is 0 Å². The van der Waals surface area contributed by atoms with Gasteiger partial charge in [-0.05, 0) is 62.4 Å². The van der Waals surface area contributed by atoms with Gasteiger partial charge >= 0.3 is 0 Å². The molecule has 0 spiro atoms. The van der Waals surface area contributed by atoms with Crippen LogP contribution in [0.4, 0.5) is 0 Å². The molecule has 0 saturated heterocycles. The van der Waals surface area contributed by atoms with Crippen molar-refractivity contribution in [2.75, 3.05) is 0 Å². The van der Waals surface area contributed by atoms with Crippen molar-refractivity contribution in [3.05, 3.63) is 95.0 Å². The maximum Gasteiger partial charge on any atom is 0.0412 e. The molecule has 4 aromatic carbocycles. The van der Waals surface area contributed by atoms with Gasteiger partial charge in [0.15, 0.2) is 0 Å². The minimum Gasteiger partial charge on any atom is -0.0843 e. The lowest BCUT2D eigenvalue weighted by molar-refractivity contribution is 0.661. The van der Waals surface area contributed by atoms with Crippen LogP contribution in [0.5, 0.6) is 0 Å². The second-order valence-corrected chi connectivity index (χ2v) is 8.04. The van der Waals surface area contributed by atoms with E-state index >= 15 is 0 Å². The van der Waals surface area contributed by atoms with Crippen molar-refractivity contribution in [3.63, 3.8) is 0 Å². The minimum atomic E-state index is -0.0106. The van der Waals surface area contributed by atoms with Crippen molar-refractivity contribution in [2.45, 2.75) is 19.3 Å². The van der Waals surface area contributed by atoms with Crippen molar-refractivity contribution >= 4 is 22.4 Å². The highest BCUT2D eigenvalue weighted by Crippen LogP contribution is 2.52. The summed E-state index contributed by atoms with van der Waals surface area (Å²) in [5.74, 6) is 0. The molecule has 5 rings (SSSR count). The summed E-state index contributed by atoms with van der Waals surface area (Å²) in [6.45, 7) is 4.66. The zero-order valence-corrected chi connectivity index (χ0v) is 15.6. The Morgan fingerprint density at radius 3 is 2.35 bits per heavy atom. The fourth-order valence-electron chi connectivity index (χ4n) is 4.35. The molecule has 0 aliphatic heterocycles. The predicted octanol–water partition coefficient (Wildman–Crippen LogP) is 7.47. The molecular formula is C25H19Cl. The van der Waals surface area contributed by atoms with Gasteiger partial charge in [-0.15, -0.1) is 0 Å². The first-order valence-corrected chi connectivity index (χ1v) is 9.36. The highest BCUT2D eigenvalue weighted by Gasteiger charge is 2.36. The summed E-state index contributed by atoms with van der Waals surface area (Å²) in [5.41, 5.74) is 7.92. The molecule has 0 bridgehead atoms. The maximum absolute atomic E-state index is 6.21. The monoisotopic (exact) mass is 354 g/mol. The van der Waals surface area contributed by atoms with Crippen LogP contribution >= 0.6 is 11.6 Å². The van der Waals surface area contributed by atoms with Gasteiger partial charge in [0.1, 0.15) is 0 Å². The van der Waals surface area contributed by atoms with Gasteiger partial charge < -0.3 is 0 Å². The van der Waals surface area contributed by atoms with E-state index in [0.29, 0.717) is 0 Å². The summed E-state index contributed by atoms with van der Waals surface area (Å²) in [5, 5.41) is 3.41. The smallest absolute Gasteiger partial charge is 0.0412 e. The normalized spacial score (nSPS) is 14.3. The fourth-order valence-corrected chi connectivity index (χ4v) is 4.54. The molecule has 0 amide bonds. The second-order valence-electron chi connectivity index (χ2n) is 7.60. The quantitative estimate of drug-likeness (QED) is 0.332. The fraction of sp³-hybridized carbons (Fsp3) is 0.120. The SMILES string of the molecule is CC1(C)c2cc(-c3cccc(Cl)c3)ccc2-c2c1ccc1ccccc21. The zero-order valence-electron chi connectivity index (χ0n) is 14.9. The van der Waals surface area contributed by atoms with Gasteiger partial charge in [-0.25, -0.2) is 0 Å². The van der Waals surface area contributed by atoms with Gasteiger partial charge in [0, 0.05) is 10.4 Å². The average molecular weight is 355 g/mol. The molecule has 1 aliphatic carbocycles. The summed E-state index contributed by atoms with van der Waals surface area (Å²) < 4.78 is 0. The second kappa shape index (κ2) is 5.46. The number of benzene rings is 4. The van der Waals surface area contributed by atoms with Crippen molar-refractivity contribution < 1.29 is 0 Å². The molecule has 0 N–H and O–H groups in total. The molecule has 0 saturated carbocycles. The third-order valence-corrected chi connectivity index (χ3v) is 5.96. The Bertz CT molecular complexity index is 1170. The largest absolute Gasteiger partial charge is 0.0843 e. The highest BCUT2D eigenvalue weighted by atomic mass is 35.5. The summed E-state index contributed by atoms with van der Waals surface area (Å²) in [7, 11) is 0. The highest BCUT2D eigenvalue weighted by molar-refractivity contribution is 6.30. The van der Waals surface area contributed by atoms with E-state index in [-0.39, 0.29) is 5.41 Å². The Balaban J connectivity index is 1.79. The number of rotatable bonds is 1. The van der Waals surface area contributed by atoms with Crippen LogP contribution in [0.25, 0.3) is 33.0 Å². The third kappa shape index (κ3) is 2.15. The Labute approximate surface area is 159 Å². The Hall–Kier alpha value is -2.57. The summed E-state index contributed by atoms with van der Waals surface area (Å²) in [6.07, 6.45) is 0. The van der Waals surface area contributed by atoms with Crippen LogP contribution in [0.3, 0.4) is 0 Å². The van der Waals surface area contributed by atoms with Gasteiger partial charge in [-0.1, -0.05) is 86.1 Å². The first-order valence-electron chi connectivity index (χ1n) is 8.99. The molecule has 126 valence electrons. The molecule has 0 radical (unpaired) electrons. The molecule has 0 heterocycles.